The van der Waals surface area contributed by atoms with E-state index >= 15 is 0 Å². The molecule has 28 heavy (non-hydrogen) atoms. The third kappa shape index (κ3) is 3.74. The van der Waals surface area contributed by atoms with Crippen molar-refractivity contribution in [1.29, 1.82) is 0 Å². The molecule has 1 fully saturated rings. The van der Waals surface area contributed by atoms with Gasteiger partial charge >= 0.3 is 5.97 Å². The Balaban J connectivity index is 1.60. The highest BCUT2D eigenvalue weighted by Crippen LogP contribution is 2.32. The summed E-state index contributed by atoms with van der Waals surface area (Å²) in [5.74, 6) is 0.155. The first-order valence-corrected chi connectivity index (χ1v) is 9.44. The number of benzene rings is 1. The maximum Gasteiger partial charge on any atom is 0.328 e. The Hall–Kier alpha value is -3.22. The maximum absolute atomic E-state index is 12.6. The van der Waals surface area contributed by atoms with Crippen LogP contribution >= 0.6 is 0 Å². The number of aliphatic carboxylic acids is 1. The van der Waals surface area contributed by atoms with Gasteiger partial charge in [-0.1, -0.05) is 37.8 Å². The minimum atomic E-state index is -1.03. The van der Waals surface area contributed by atoms with Crippen LogP contribution in [0.4, 0.5) is 0 Å². The molecule has 0 amide bonds. The molecule has 2 aromatic heterocycles. The van der Waals surface area contributed by atoms with E-state index in [0.29, 0.717) is 18.1 Å². The number of hydrogen-bond acceptors (Lipinski definition) is 5. The van der Waals surface area contributed by atoms with Gasteiger partial charge in [-0.05, 0) is 24.5 Å². The van der Waals surface area contributed by atoms with E-state index < -0.39 is 17.6 Å². The van der Waals surface area contributed by atoms with Crippen LogP contribution in [0.5, 0.6) is 11.5 Å². The zero-order chi connectivity index (χ0) is 19.5. The zero-order valence-corrected chi connectivity index (χ0v) is 15.3. The molecule has 0 bridgehead atoms. The largest absolute Gasteiger partial charge is 0.480 e. The molecule has 7 heteroatoms. The summed E-state index contributed by atoms with van der Waals surface area (Å²) in [4.78, 5) is 28.4. The number of ether oxygens (including phenoxy) is 1. The molecular formula is C21H21N3O4. The molecule has 4 rings (SSSR count). The summed E-state index contributed by atoms with van der Waals surface area (Å²) in [5.41, 5.74) is -0.482. The Morgan fingerprint density at radius 2 is 2.07 bits per heavy atom. The van der Waals surface area contributed by atoms with Crippen molar-refractivity contribution in [3.8, 4) is 11.5 Å². The summed E-state index contributed by atoms with van der Waals surface area (Å²) in [6, 6.07) is 7.74. The molecule has 3 aromatic rings. The molecule has 1 aliphatic rings. The zero-order valence-electron chi connectivity index (χ0n) is 15.3. The van der Waals surface area contributed by atoms with Crippen LogP contribution in [0.25, 0.3) is 10.8 Å². The predicted octanol–water partition coefficient (Wildman–Crippen LogP) is 3.79. The van der Waals surface area contributed by atoms with E-state index in [-0.39, 0.29) is 5.75 Å². The van der Waals surface area contributed by atoms with Crippen molar-refractivity contribution in [2.45, 2.75) is 38.1 Å². The van der Waals surface area contributed by atoms with Crippen LogP contribution in [0.3, 0.4) is 0 Å². The Morgan fingerprint density at radius 1 is 1.25 bits per heavy atom. The molecule has 1 saturated carbocycles. The molecule has 1 aliphatic carbocycles. The molecular weight excluding hydrogens is 358 g/mol. The van der Waals surface area contributed by atoms with E-state index in [1.807, 2.05) is 18.2 Å². The van der Waals surface area contributed by atoms with Crippen molar-refractivity contribution in [2.24, 2.45) is 5.92 Å². The number of carboxylic acid groups (broad SMARTS) is 1. The molecule has 0 saturated heterocycles. The van der Waals surface area contributed by atoms with Crippen LogP contribution in [0, 0.1) is 5.92 Å². The fourth-order valence-electron chi connectivity index (χ4n) is 3.87. The molecule has 1 atom stereocenters. The Morgan fingerprint density at radius 3 is 2.82 bits per heavy atom. The summed E-state index contributed by atoms with van der Waals surface area (Å²) in [6.45, 7) is 0. The maximum atomic E-state index is 12.6. The summed E-state index contributed by atoms with van der Waals surface area (Å²) in [5, 5.41) is 15.5. The third-order valence-electron chi connectivity index (χ3n) is 5.28. The van der Waals surface area contributed by atoms with Crippen molar-refractivity contribution in [1.82, 2.24) is 14.8 Å². The van der Waals surface area contributed by atoms with Crippen molar-refractivity contribution >= 4 is 16.7 Å². The number of pyridine rings is 1. The van der Waals surface area contributed by atoms with E-state index in [4.69, 9.17) is 4.74 Å². The molecule has 0 spiro atoms. The summed E-state index contributed by atoms with van der Waals surface area (Å²) >= 11 is 0. The van der Waals surface area contributed by atoms with Gasteiger partial charge in [-0.25, -0.2) is 9.48 Å². The Bertz CT molecular complexity index is 1050. The van der Waals surface area contributed by atoms with Gasteiger partial charge in [-0.3, -0.25) is 9.78 Å². The van der Waals surface area contributed by atoms with Gasteiger partial charge in [0.15, 0.2) is 11.8 Å². The number of nitrogens with zero attached hydrogens (tertiary/aromatic N) is 3. The smallest absolute Gasteiger partial charge is 0.328 e. The topological polar surface area (TPSA) is 94.3 Å². The summed E-state index contributed by atoms with van der Waals surface area (Å²) in [7, 11) is 0. The minimum absolute atomic E-state index is 0.274. The molecule has 0 aliphatic heterocycles. The highest BCUT2D eigenvalue weighted by molar-refractivity contribution is 5.87. The highest BCUT2D eigenvalue weighted by Gasteiger charge is 2.28. The molecule has 0 radical (unpaired) electrons. The van der Waals surface area contributed by atoms with Crippen LogP contribution in [0.2, 0.25) is 0 Å². The predicted molar refractivity (Wildman–Crippen MR) is 104 cm³/mol. The van der Waals surface area contributed by atoms with Crippen molar-refractivity contribution in [3.63, 3.8) is 0 Å². The van der Waals surface area contributed by atoms with Gasteiger partial charge < -0.3 is 9.84 Å². The monoisotopic (exact) mass is 379 g/mol. The van der Waals surface area contributed by atoms with Gasteiger partial charge in [-0.15, -0.1) is 0 Å². The van der Waals surface area contributed by atoms with Gasteiger partial charge in [0.1, 0.15) is 5.75 Å². The lowest BCUT2D eigenvalue weighted by Gasteiger charge is -2.18. The SMILES string of the molecule is O=C(O)C(CC1CCCC1)n1ncc(Oc2cccc3cnccc23)cc1=O. The molecule has 1 aromatic carbocycles. The summed E-state index contributed by atoms with van der Waals surface area (Å²) in [6.07, 6.45) is 9.49. The van der Waals surface area contributed by atoms with Crippen LogP contribution in [-0.2, 0) is 4.79 Å². The first kappa shape index (κ1) is 18.2. The number of aromatic nitrogens is 3. The average molecular weight is 379 g/mol. The van der Waals surface area contributed by atoms with Crippen LogP contribution in [0.1, 0.15) is 38.1 Å². The average Bonchev–Trinajstić information content (AvgIpc) is 3.20. The van der Waals surface area contributed by atoms with Crippen molar-refractivity contribution < 1.29 is 14.6 Å². The van der Waals surface area contributed by atoms with Gasteiger partial charge in [0.25, 0.3) is 5.56 Å². The van der Waals surface area contributed by atoms with Gasteiger partial charge in [0.05, 0.1) is 6.20 Å². The number of fused-ring (bicyclic) bond motifs is 1. The van der Waals surface area contributed by atoms with Crippen molar-refractivity contribution in [2.75, 3.05) is 0 Å². The Kier molecular flexibility index (Phi) is 5.06. The second kappa shape index (κ2) is 7.80. The first-order valence-electron chi connectivity index (χ1n) is 9.44. The van der Waals surface area contributed by atoms with Gasteiger partial charge in [-0.2, -0.15) is 5.10 Å². The minimum Gasteiger partial charge on any atom is -0.480 e. The molecule has 1 N–H and O–H groups in total. The van der Waals surface area contributed by atoms with E-state index in [9.17, 15) is 14.7 Å². The fraction of sp³-hybridized carbons (Fsp3) is 0.333. The fourth-order valence-corrected chi connectivity index (χ4v) is 3.87. The highest BCUT2D eigenvalue weighted by atomic mass is 16.5. The molecule has 7 nitrogen and oxygen atoms in total. The number of carbonyl (C=O) groups is 1. The lowest BCUT2D eigenvalue weighted by molar-refractivity contribution is -0.142. The van der Waals surface area contributed by atoms with Gasteiger partial charge in [0, 0.05) is 29.2 Å². The second-order valence-electron chi connectivity index (χ2n) is 7.17. The standard InChI is InChI=1S/C21H21N3O4/c25-20-11-16(28-19-7-3-6-15-12-22-9-8-17(15)19)13-23-24(20)18(21(26)27)10-14-4-1-2-5-14/h3,6-9,11-14,18H,1-2,4-5,10H2,(H,26,27). The normalized spacial score (nSPS) is 15.6. The van der Waals surface area contributed by atoms with E-state index in [1.165, 1.54) is 12.3 Å². The lowest BCUT2D eigenvalue weighted by atomic mass is 9.98. The quantitative estimate of drug-likeness (QED) is 0.700. The lowest BCUT2D eigenvalue weighted by Crippen LogP contribution is -2.32. The number of hydrogen-bond donors (Lipinski definition) is 1. The van der Waals surface area contributed by atoms with Crippen LogP contribution in [0.15, 0.2) is 53.7 Å². The molecule has 1 unspecified atom stereocenters. The van der Waals surface area contributed by atoms with E-state index in [0.717, 1.165) is 41.1 Å². The molecule has 2 heterocycles. The van der Waals surface area contributed by atoms with Crippen LogP contribution < -0.4 is 10.3 Å². The molecule has 144 valence electrons. The van der Waals surface area contributed by atoms with E-state index in [1.54, 1.807) is 18.5 Å². The summed E-state index contributed by atoms with van der Waals surface area (Å²) < 4.78 is 6.91. The first-order chi connectivity index (χ1) is 13.6. The van der Waals surface area contributed by atoms with Gasteiger partial charge in [0.2, 0.25) is 0 Å². The number of carboxylic acids is 1. The van der Waals surface area contributed by atoms with Crippen molar-refractivity contribution in [3.05, 3.63) is 59.3 Å². The Labute approximate surface area is 161 Å². The van der Waals surface area contributed by atoms with E-state index in [2.05, 4.69) is 10.1 Å². The number of rotatable bonds is 6. The third-order valence-corrected chi connectivity index (χ3v) is 5.28. The second-order valence-corrected chi connectivity index (χ2v) is 7.17. The van der Waals surface area contributed by atoms with Crippen LogP contribution in [-0.4, -0.2) is 25.8 Å².